The topological polar surface area (TPSA) is 35.2 Å². The lowest BCUT2D eigenvalue weighted by molar-refractivity contribution is 0.259. The standard InChI is InChI=1S/C12H16FNO/c1-15-10-7-3-6-9(11(10)13)12(14)8-4-2-5-8/h3,6-8,12H,2,4-5,14H2,1H3. The van der Waals surface area contributed by atoms with E-state index in [1.54, 1.807) is 18.2 Å². The molecule has 2 N–H and O–H groups in total. The quantitative estimate of drug-likeness (QED) is 0.830. The van der Waals surface area contributed by atoms with E-state index in [9.17, 15) is 4.39 Å². The van der Waals surface area contributed by atoms with Crippen LogP contribution in [0.2, 0.25) is 0 Å². The van der Waals surface area contributed by atoms with Crippen molar-refractivity contribution >= 4 is 0 Å². The van der Waals surface area contributed by atoms with Crippen LogP contribution in [0.4, 0.5) is 4.39 Å². The smallest absolute Gasteiger partial charge is 0.169 e. The van der Waals surface area contributed by atoms with Gasteiger partial charge in [-0.15, -0.1) is 0 Å². The third-order valence-corrected chi connectivity index (χ3v) is 3.23. The van der Waals surface area contributed by atoms with Crippen LogP contribution in [0.15, 0.2) is 18.2 Å². The number of hydrogen-bond acceptors (Lipinski definition) is 2. The summed E-state index contributed by atoms with van der Waals surface area (Å²) in [5.41, 5.74) is 6.61. The molecule has 15 heavy (non-hydrogen) atoms. The molecular weight excluding hydrogens is 193 g/mol. The van der Waals surface area contributed by atoms with Crippen LogP contribution in [0.3, 0.4) is 0 Å². The predicted molar refractivity (Wildman–Crippen MR) is 57.2 cm³/mol. The summed E-state index contributed by atoms with van der Waals surface area (Å²) in [6.45, 7) is 0. The number of benzene rings is 1. The molecule has 1 aliphatic carbocycles. The van der Waals surface area contributed by atoms with Gasteiger partial charge in [-0.25, -0.2) is 4.39 Å². The summed E-state index contributed by atoms with van der Waals surface area (Å²) in [7, 11) is 1.47. The Balaban J connectivity index is 2.26. The zero-order valence-corrected chi connectivity index (χ0v) is 8.87. The van der Waals surface area contributed by atoms with Crippen molar-refractivity contribution < 1.29 is 9.13 Å². The fraction of sp³-hybridized carbons (Fsp3) is 0.500. The maximum atomic E-state index is 13.8. The minimum Gasteiger partial charge on any atom is -0.494 e. The van der Waals surface area contributed by atoms with E-state index < -0.39 is 0 Å². The summed E-state index contributed by atoms with van der Waals surface area (Å²) in [5.74, 6) is 0.410. The first kappa shape index (κ1) is 10.4. The summed E-state index contributed by atoms with van der Waals surface area (Å²) in [5, 5.41) is 0. The van der Waals surface area contributed by atoms with Crippen molar-refractivity contribution in [3.8, 4) is 5.75 Å². The monoisotopic (exact) mass is 209 g/mol. The lowest BCUT2D eigenvalue weighted by atomic mass is 9.77. The fourth-order valence-corrected chi connectivity index (χ4v) is 2.00. The Morgan fingerprint density at radius 2 is 2.20 bits per heavy atom. The van der Waals surface area contributed by atoms with Crippen molar-refractivity contribution in [1.29, 1.82) is 0 Å². The van der Waals surface area contributed by atoms with Crippen molar-refractivity contribution in [1.82, 2.24) is 0 Å². The number of ether oxygens (including phenoxy) is 1. The van der Waals surface area contributed by atoms with E-state index in [4.69, 9.17) is 10.5 Å². The number of methoxy groups -OCH3 is 1. The molecule has 2 rings (SSSR count). The van der Waals surface area contributed by atoms with Gasteiger partial charge in [0.1, 0.15) is 0 Å². The molecule has 1 aromatic rings. The minimum atomic E-state index is -0.306. The van der Waals surface area contributed by atoms with Crippen LogP contribution in [0.5, 0.6) is 5.75 Å². The molecule has 0 spiro atoms. The van der Waals surface area contributed by atoms with Gasteiger partial charge < -0.3 is 10.5 Å². The highest BCUT2D eigenvalue weighted by Crippen LogP contribution is 2.38. The largest absolute Gasteiger partial charge is 0.494 e. The third-order valence-electron chi connectivity index (χ3n) is 3.23. The molecular formula is C12H16FNO. The lowest BCUT2D eigenvalue weighted by Gasteiger charge is -2.31. The van der Waals surface area contributed by atoms with Crippen molar-refractivity contribution in [3.05, 3.63) is 29.6 Å². The van der Waals surface area contributed by atoms with Crippen LogP contribution in [0.1, 0.15) is 30.9 Å². The molecule has 0 amide bonds. The van der Waals surface area contributed by atoms with Gasteiger partial charge >= 0.3 is 0 Å². The first-order valence-corrected chi connectivity index (χ1v) is 5.32. The zero-order chi connectivity index (χ0) is 10.8. The highest BCUT2D eigenvalue weighted by Gasteiger charge is 2.28. The maximum Gasteiger partial charge on any atom is 0.169 e. The SMILES string of the molecule is COc1cccc(C(N)C2CCC2)c1F. The van der Waals surface area contributed by atoms with Crippen LogP contribution < -0.4 is 10.5 Å². The van der Waals surface area contributed by atoms with E-state index in [-0.39, 0.29) is 17.6 Å². The molecule has 1 unspecified atom stereocenters. The van der Waals surface area contributed by atoms with E-state index >= 15 is 0 Å². The van der Waals surface area contributed by atoms with E-state index in [1.165, 1.54) is 13.5 Å². The highest BCUT2D eigenvalue weighted by atomic mass is 19.1. The molecule has 1 saturated carbocycles. The number of nitrogens with two attached hydrogens (primary N) is 1. The normalized spacial score (nSPS) is 18.3. The van der Waals surface area contributed by atoms with Crippen LogP contribution in [-0.4, -0.2) is 7.11 Å². The zero-order valence-electron chi connectivity index (χ0n) is 8.87. The Labute approximate surface area is 89.2 Å². The van der Waals surface area contributed by atoms with Crippen LogP contribution in [0, 0.1) is 11.7 Å². The summed E-state index contributed by atoms with van der Waals surface area (Å²) in [6, 6.07) is 4.97. The molecule has 1 atom stereocenters. The summed E-state index contributed by atoms with van der Waals surface area (Å²) < 4.78 is 18.8. The van der Waals surface area contributed by atoms with Gasteiger partial charge in [-0.05, 0) is 24.8 Å². The van der Waals surface area contributed by atoms with Gasteiger partial charge in [-0.3, -0.25) is 0 Å². The second kappa shape index (κ2) is 4.19. The highest BCUT2D eigenvalue weighted by molar-refractivity contribution is 5.33. The van der Waals surface area contributed by atoms with E-state index in [0.717, 1.165) is 12.8 Å². The molecule has 1 aromatic carbocycles. The van der Waals surface area contributed by atoms with E-state index in [2.05, 4.69) is 0 Å². The number of halogens is 1. The summed E-state index contributed by atoms with van der Waals surface area (Å²) in [6.07, 6.45) is 3.43. The number of hydrogen-bond donors (Lipinski definition) is 1. The van der Waals surface area contributed by atoms with Gasteiger partial charge in [0.25, 0.3) is 0 Å². The second-order valence-corrected chi connectivity index (χ2v) is 4.08. The third kappa shape index (κ3) is 1.84. The average molecular weight is 209 g/mol. The van der Waals surface area contributed by atoms with Gasteiger partial charge in [-0.2, -0.15) is 0 Å². The van der Waals surface area contributed by atoms with Gasteiger partial charge in [-0.1, -0.05) is 18.6 Å². The van der Waals surface area contributed by atoms with Crippen molar-refractivity contribution in [3.63, 3.8) is 0 Å². The molecule has 0 radical (unpaired) electrons. The lowest BCUT2D eigenvalue weighted by Crippen LogP contribution is -2.27. The van der Waals surface area contributed by atoms with Crippen LogP contribution in [0.25, 0.3) is 0 Å². The molecule has 2 nitrogen and oxygen atoms in total. The second-order valence-electron chi connectivity index (χ2n) is 4.08. The maximum absolute atomic E-state index is 13.8. The number of rotatable bonds is 3. The summed E-state index contributed by atoms with van der Waals surface area (Å²) >= 11 is 0. The molecule has 0 aliphatic heterocycles. The fourth-order valence-electron chi connectivity index (χ4n) is 2.00. The molecule has 3 heteroatoms. The van der Waals surface area contributed by atoms with Gasteiger partial charge in [0, 0.05) is 11.6 Å². The minimum absolute atomic E-state index is 0.186. The van der Waals surface area contributed by atoms with Crippen molar-refractivity contribution in [2.45, 2.75) is 25.3 Å². The Bertz CT molecular complexity index is 349. The van der Waals surface area contributed by atoms with Gasteiger partial charge in [0.2, 0.25) is 0 Å². The average Bonchev–Trinajstić information content (AvgIpc) is 2.15. The van der Waals surface area contributed by atoms with Crippen LogP contribution in [-0.2, 0) is 0 Å². The molecule has 1 aliphatic rings. The Morgan fingerprint density at radius 1 is 1.47 bits per heavy atom. The van der Waals surface area contributed by atoms with Crippen molar-refractivity contribution in [2.75, 3.05) is 7.11 Å². The summed E-state index contributed by atoms with van der Waals surface area (Å²) in [4.78, 5) is 0. The molecule has 0 bridgehead atoms. The molecule has 0 heterocycles. The van der Waals surface area contributed by atoms with Crippen LogP contribution >= 0.6 is 0 Å². The Hall–Kier alpha value is -1.09. The molecule has 82 valence electrons. The van der Waals surface area contributed by atoms with Gasteiger partial charge in [0.15, 0.2) is 11.6 Å². The van der Waals surface area contributed by atoms with E-state index in [0.29, 0.717) is 11.5 Å². The first-order chi connectivity index (χ1) is 7.24. The Morgan fingerprint density at radius 3 is 2.73 bits per heavy atom. The Kier molecular flexibility index (Phi) is 2.91. The first-order valence-electron chi connectivity index (χ1n) is 5.32. The molecule has 0 saturated heterocycles. The molecule has 0 aromatic heterocycles. The van der Waals surface area contributed by atoms with E-state index in [1.807, 2.05) is 0 Å². The predicted octanol–water partition coefficient (Wildman–Crippen LogP) is 2.63. The van der Waals surface area contributed by atoms with Gasteiger partial charge in [0.05, 0.1) is 7.11 Å². The van der Waals surface area contributed by atoms with Crippen molar-refractivity contribution in [2.24, 2.45) is 11.7 Å². The molecule has 1 fully saturated rings.